The fraction of sp³-hybridized carbons (Fsp3) is 0.950. The molecule has 0 unspecified atom stereocenters. The number of carbonyl (C=O) groups excluding carboxylic acids is 1. The second kappa shape index (κ2) is 23.5. The van der Waals surface area contributed by atoms with E-state index in [9.17, 15) is 4.79 Å². The average Bonchev–Trinajstić information content (AvgIpc) is 2.63. The van der Waals surface area contributed by atoms with E-state index in [1.165, 1.54) is 57.8 Å². The zero-order valence-corrected chi connectivity index (χ0v) is 16.3. The Morgan fingerprint density at radius 3 is 1.40 bits per heavy atom. The quantitative estimate of drug-likeness (QED) is 0.214. The van der Waals surface area contributed by atoms with Crippen LogP contribution < -0.4 is 0 Å². The highest BCUT2D eigenvalue weighted by atomic mass is 16.6. The number of ether oxygens (including phenoxy) is 4. The van der Waals surface area contributed by atoms with Gasteiger partial charge in [-0.25, -0.2) is 0 Å². The summed E-state index contributed by atoms with van der Waals surface area (Å²) in [5.74, 6) is 0. The van der Waals surface area contributed by atoms with Gasteiger partial charge in [-0.05, 0) is 6.42 Å². The third-order valence-corrected chi connectivity index (χ3v) is 3.94. The number of hydrogen-bond acceptors (Lipinski definition) is 5. The molecule has 0 N–H and O–H groups in total. The summed E-state index contributed by atoms with van der Waals surface area (Å²) in [6.45, 7) is 6.55. The fourth-order valence-electron chi connectivity index (χ4n) is 2.48. The monoisotopic (exact) mass is 360 g/mol. The smallest absolute Gasteiger partial charge is 0.145 e. The molecule has 0 saturated carbocycles. The van der Waals surface area contributed by atoms with E-state index in [0.29, 0.717) is 39.6 Å². The van der Waals surface area contributed by atoms with E-state index in [4.69, 9.17) is 18.9 Å². The summed E-state index contributed by atoms with van der Waals surface area (Å²) in [7, 11) is 0. The van der Waals surface area contributed by atoms with Crippen molar-refractivity contribution in [2.45, 2.75) is 71.1 Å². The molecule has 0 radical (unpaired) electrons. The molecule has 0 atom stereocenters. The van der Waals surface area contributed by atoms with E-state index in [-0.39, 0.29) is 6.61 Å². The first-order valence-electron chi connectivity index (χ1n) is 10.2. The van der Waals surface area contributed by atoms with Crippen molar-refractivity contribution in [2.75, 3.05) is 52.9 Å². The molecule has 0 aromatic rings. The molecule has 0 rings (SSSR count). The van der Waals surface area contributed by atoms with E-state index in [1.54, 1.807) is 0 Å². The number of rotatable bonds is 22. The molecule has 0 heterocycles. The molecular weight excluding hydrogens is 320 g/mol. The summed E-state index contributed by atoms with van der Waals surface area (Å²) in [6, 6.07) is 0. The fourth-order valence-corrected chi connectivity index (χ4v) is 2.48. The summed E-state index contributed by atoms with van der Waals surface area (Å²) in [5.41, 5.74) is 0. The zero-order valence-electron chi connectivity index (χ0n) is 16.3. The van der Waals surface area contributed by atoms with Crippen LogP contribution in [0.2, 0.25) is 0 Å². The first-order valence-corrected chi connectivity index (χ1v) is 10.2. The van der Waals surface area contributed by atoms with Crippen LogP contribution in [0.1, 0.15) is 71.1 Å². The largest absolute Gasteiger partial charge is 0.379 e. The van der Waals surface area contributed by atoms with Gasteiger partial charge in [0.05, 0.1) is 39.6 Å². The molecule has 0 bridgehead atoms. The summed E-state index contributed by atoms with van der Waals surface area (Å²) >= 11 is 0. The minimum absolute atomic E-state index is 0.135. The Kier molecular flexibility index (Phi) is 23.0. The molecule has 0 aromatic carbocycles. The lowest BCUT2D eigenvalue weighted by atomic mass is 10.1. The van der Waals surface area contributed by atoms with Crippen LogP contribution in [0.3, 0.4) is 0 Å². The molecule has 0 spiro atoms. The van der Waals surface area contributed by atoms with Gasteiger partial charge in [0.15, 0.2) is 0 Å². The Morgan fingerprint density at radius 1 is 0.520 bits per heavy atom. The highest BCUT2D eigenvalue weighted by Gasteiger charge is 1.94. The Morgan fingerprint density at radius 2 is 0.920 bits per heavy atom. The molecule has 0 aromatic heterocycles. The molecule has 5 heteroatoms. The third-order valence-electron chi connectivity index (χ3n) is 3.94. The number of aldehydes is 1. The van der Waals surface area contributed by atoms with Gasteiger partial charge < -0.3 is 23.7 Å². The second-order valence-corrected chi connectivity index (χ2v) is 6.26. The van der Waals surface area contributed by atoms with Crippen molar-refractivity contribution in [1.29, 1.82) is 0 Å². The van der Waals surface area contributed by atoms with Gasteiger partial charge in [0.1, 0.15) is 12.9 Å². The first kappa shape index (κ1) is 24.5. The Labute approximate surface area is 154 Å². The van der Waals surface area contributed by atoms with Gasteiger partial charge in [-0.1, -0.05) is 64.7 Å². The molecule has 5 nitrogen and oxygen atoms in total. The van der Waals surface area contributed by atoms with Crippen molar-refractivity contribution in [3.63, 3.8) is 0 Å². The van der Waals surface area contributed by atoms with Gasteiger partial charge >= 0.3 is 0 Å². The minimum atomic E-state index is 0.135. The van der Waals surface area contributed by atoms with Gasteiger partial charge in [-0.3, -0.25) is 0 Å². The van der Waals surface area contributed by atoms with Gasteiger partial charge in [0.25, 0.3) is 0 Å². The third kappa shape index (κ3) is 23.5. The van der Waals surface area contributed by atoms with Crippen LogP contribution >= 0.6 is 0 Å². The first-order chi connectivity index (χ1) is 12.4. The number of unbranched alkanes of at least 4 members (excludes halogenated alkanes) is 9. The van der Waals surface area contributed by atoms with Crippen LogP contribution in [-0.4, -0.2) is 59.1 Å². The average molecular weight is 361 g/mol. The second-order valence-electron chi connectivity index (χ2n) is 6.26. The van der Waals surface area contributed by atoms with Crippen molar-refractivity contribution in [1.82, 2.24) is 0 Å². The molecule has 0 saturated heterocycles. The highest BCUT2D eigenvalue weighted by Crippen LogP contribution is 2.10. The maximum absolute atomic E-state index is 10.0. The van der Waals surface area contributed by atoms with Gasteiger partial charge in [-0.15, -0.1) is 0 Å². The standard InChI is InChI=1S/C20H40O5/c1-2-3-4-5-6-7-8-9-10-11-13-22-15-17-24-19-20-25-18-16-23-14-12-21/h12H,2-11,13-20H2,1H3. The van der Waals surface area contributed by atoms with E-state index >= 15 is 0 Å². The number of carbonyl (C=O) groups is 1. The van der Waals surface area contributed by atoms with Crippen LogP contribution in [0.5, 0.6) is 0 Å². The maximum atomic E-state index is 10.0. The SMILES string of the molecule is CCCCCCCCCCCCOCCOCCOCCOCC=O. The van der Waals surface area contributed by atoms with Crippen molar-refractivity contribution >= 4 is 6.29 Å². The van der Waals surface area contributed by atoms with Gasteiger partial charge in [-0.2, -0.15) is 0 Å². The van der Waals surface area contributed by atoms with E-state index in [0.717, 1.165) is 19.3 Å². The lowest BCUT2D eigenvalue weighted by Crippen LogP contribution is -2.12. The van der Waals surface area contributed by atoms with Crippen molar-refractivity contribution < 1.29 is 23.7 Å². The van der Waals surface area contributed by atoms with Crippen LogP contribution in [0.25, 0.3) is 0 Å². The van der Waals surface area contributed by atoms with Crippen LogP contribution in [0.15, 0.2) is 0 Å². The Bertz CT molecular complexity index is 248. The van der Waals surface area contributed by atoms with Crippen molar-refractivity contribution in [2.24, 2.45) is 0 Å². The minimum Gasteiger partial charge on any atom is -0.379 e. The topological polar surface area (TPSA) is 54.0 Å². The molecule has 0 fully saturated rings. The molecule has 0 aliphatic carbocycles. The lowest BCUT2D eigenvalue weighted by molar-refractivity contribution is -0.112. The lowest BCUT2D eigenvalue weighted by Gasteiger charge is -2.07. The molecule has 150 valence electrons. The summed E-state index contributed by atoms with van der Waals surface area (Å²) in [4.78, 5) is 10.0. The summed E-state index contributed by atoms with van der Waals surface area (Å²) in [6.07, 6.45) is 14.2. The molecule has 0 aliphatic heterocycles. The van der Waals surface area contributed by atoms with E-state index in [1.807, 2.05) is 0 Å². The van der Waals surface area contributed by atoms with E-state index < -0.39 is 0 Å². The van der Waals surface area contributed by atoms with Crippen LogP contribution in [-0.2, 0) is 23.7 Å². The summed E-state index contributed by atoms with van der Waals surface area (Å²) in [5, 5.41) is 0. The van der Waals surface area contributed by atoms with Crippen LogP contribution in [0.4, 0.5) is 0 Å². The molecule has 0 amide bonds. The molecule has 25 heavy (non-hydrogen) atoms. The van der Waals surface area contributed by atoms with Crippen LogP contribution in [0, 0.1) is 0 Å². The Balaban J connectivity index is 2.95. The maximum Gasteiger partial charge on any atom is 0.145 e. The number of hydrogen-bond donors (Lipinski definition) is 0. The van der Waals surface area contributed by atoms with Gasteiger partial charge in [0.2, 0.25) is 0 Å². The van der Waals surface area contributed by atoms with Gasteiger partial charge in [0, 0.05) is 6.61 Å². The van der Waals surface area contributed by atoms with E-state index in [2.05, 4.69) is 6.92 Å². The predicted molar refractivity (Wildman–Crippen MR) is 101 cm³/mol. The molecule has 0 aliphatic rings. The van der Waals surface area contributed by atoms with Crippen molar-refractivity contribution in [3.05, 3.63) is 0 Å². The highest BCUT2D eigenvalue weighted by molar-refractivity contribution is 5.50. The van der Waals surface area contributed by atoms with Crippen molar-refractivity contribution in [3.8, 4) is 0 Å². The summed E-state index contributed by atoms with van der Waals surface area (Å²) < 4.78 is 21.2. The predicted octanol–water partition coefficient (Wildman–Crippen LogP) is 4.17. The Hall–Kier alpha value is -0.490. The zero-order chi connectivity index (χ0) is 18.3. The normalized spacial score (nSPS) is 11.1. The molecular formula is C20H40O5.